The lowest BCUT2D eigenvalue weighted by atomic mass is 10.0. The number of amides is 1. The normalized spacial score (nSPS) is 17.5. The molecule has 1 amide bonds. The van der Waals surface area contributed by atoms with Crippen LogP contribution in [0.1, 0.15) is 33.6 Å². The van der Waals surface area contributed by atoms with Crippen LogP contribution in [-0.4, -0.2) is 67.0 Å². The predicted molar refractivity (Wildman–Crippen MR) is 165 cm³/mol. The molecule has 0 spiro atoms. The molecule has 0 saturated carbocycles. The fourth-order valence-electron chi connectivity index (χ4n) is 5.35. The average molecular weight is 593 g/mol. The summed E-state index contributed by atoms with van der Waals surface area (Å²) in [5.74, 6) is 0. The molecule has 6 rings (SSSR count). The van der Waals surface area contributed by atoms with Crippen molar-refractivity contribution in [1.29, 1.82) is 0 Å². The molecule has 0 atom stereocenters. The van der Waals surface area contributed by atoms with Gasteiger partial charge < -0.3 is 29.6 Å². The Morgan fingerprint density at radius 2 is 1.76 bits per heavy atom. The number of nitrogens with zero attached hydrogens (tertiary/aromatic N) is 2. The Labute approximate surface area is 249 Å². The van der Waals surface area contributed by atoms with Gasteiger partial charge in [0.15, 0.2) is 0 Å². The number of fused-ring (bicyclic) bond motifs is 2. The van der Waals surface area contributed by atoms with E-state index in [0.29, 0.717) is 32.3 Å². The van der Waals surface area contributed by atoms with Crippen LogP contribution in [0.4, 0.5) is 16.2 Å². The Morgan fingerprint density at radius 1 is 0.976 bits per heavy atom. The van der Waals surface area contributed by atoms with E-state index in [1.807, 2.05) is 20.8 Å². The van der Waals surface area contributed by atoms with E-state index >= 15 is 0 Å². The highest BCUT2D eigenvalue weighted by Crippen LogP contribution is 2.52. The van der Waals surface area contributed by atoms with Gasteiger partial charge in [-0.3, -0.25) is 4.79 Å². The van der Waals surface area contributed by atoms with Crippen LogP contribution in [-0.2, 0) is 9.47 Å². The maximum Gasteiger partial charge on any atom is 0.410 e. The molecule has 4 heterocycles. The Hall–Kier alpha value is -3.08. The van der Waals surface area contributed by atoms with E-state index in [-0.39, 0.29) is 11.7 Å². The van der Waals surface area contributed by atoms with Gasteiger partial charge in [-0.1, -0.05) is 35.7 Å². The summed E-state index contributed by atoms with van der Waals surface area (Å²) in [4.78, 5) is 36.9. The van der Waals surface area contributed by atoms with E-state index in [2.05, 4.69) is 57.7 Å². The van der Waals surface area contributed by atoms with Crippen molar-refractivity contribution in [2.75, 3.05) is 49.6 Å². The number of piperidine rings is 1. The summed E-state index contributed by atoms with van der Waals surface area (Å²) >= 11 is 3.52. The molecule has 2 fully saturated rings. The zero-order valence-corrected chi connectivity index (χ0v) is 25.3. The van der Waals surface area contributed by atoms with Crippen molar-refractivity contribution in [2.45, 2.75) is 64.8 Å². The van der Waals surface area contributed by atoms with Crippen LogP contribution in [0.25, 0.3) is 11.3 Å². The molecular formula is C31H36N4O4S2. The highest BCUT2D eigenvalue weighted by Gasteiger charge is 2.27. The summed E-state index contributed by atoms with van der Waals surface area (Å²) < 4.78 is 11.0. The number of benzene rings is 2. The van der Waals surface area contributed by atoms with Gasteiger partial charge in [0.05, 0.1) is 18.9 Å². The summed E-state index contributed by atoms with van der Waals surface area (Å²) in [6.45, 7) is 9.99. The second kappa shape index (κ2) is 11.7. The lowest BCUT2D eigenvalue weighted by molar-refractivity contribution is 0.0210. The molecule has 2 N–H and O–H groups in total. The van der Waals surface area contributed by atoms with E-state index in [9.17, 15) is 9.59 Å². The number of aromatic nitrogens is 1. The van der Waals surface area contributed by atoms with Gasteiger partial charge in [-0.15, -0.1) is 0 Å². The fraction of sp³-hybridized carbons (Fsp3) is 0.419. The Kier molecular flexibility index (Phi) is 7.98. The number of carbonyl (C=O) groups is 1. The van der Waals surface area contributed by atoms with E-state index in [1.54, 1.807) is 34.5 Å². The van der Waals surface area contributed by atoms with Crippen LogP contribution in [0, 0.1) is 0 Å². The van der Waals surface area contributed by atoms with Gasteiger partial charge in [0.1, 0.15) is 5.60 Å². The first kappa shape index (κ1) is 28.1. The number of pyridine rings is 1. The summed E-state index contributed by atoms with van der Waals surface area (Å²) in [5, 5.41) is 3.69. The van der Waals surface area contributed by atoms with Gasteiger partial charge in [0, 0.05) is 74.8 Å². The minimum Gasteiger partial charge on any atom is -0.444 e. The van der Waals surface area contributed by atoms with Crippen LogP contribution >= 0.6 is 23.5 Å². The van der Waals surface area contributed by atoms with E-state index < -0.39 is 5.60 Å². The molecule has 0 unspecified atom stereocenters. The number of carbonyl (C=O) groups excluding carboxylic acids is 1. The van der Waals surface area contributed by atoms with Crippen LogP contribution in [0.3, 0.4) is 0 Å². The average Bonchev–Trinajstić information content (AvgIpc) is 2.95. The summed E-state index contributed by atoms with van der Waals surface area (Å²) in [7, 11) is 0. The van der Waals surface area contributed by atoms with Crippen molar-refractivity contribution < 1.29 is 14.3 Å². The largest absolute Gasteiger partial charge is 0.444 e. The second-order valence-electron chi connectivity index (χ2n) is 11.6. The van der Waals surface area contributed by atoms with Crippen LogP contribution in [0.2, 0.25) is 0 Å². The first-order valence-electron chi connectivity index (χ1n) is 14.2. The summed E-state index contributed by atoms with van der Waals surface area (Å²) in [6.07, 6.45) is 1.53. The highest BCUT2D eigenvalue weighted by atomic mass is 32.2. The van der Waals surface area contributed by atoms with Crippen molar-refractivity contribution in [2.24, 2.45) is 0 Å². The predicted octanol–water partition coefficient (Wildman–Crippen LogP) is 6.31. The minimum atomic E-state index is -0.478. The van der Waals surface area contributed by atoms with Crippen molar-refractivity contribution in [3.63, 3.8) is 0 Å². The third-order valence-corrected chi connectivity index (χ3v) is 9.96. The van der Waals surface area contributed by atoms with Gasteiger partial charge in [0.2, 0.25) is 5.56 Å². The number of ether oxygens (including phenoxy) is 2. The maximum absolute atomic E-state index is 12.6. The SMILES string of the molecule is CC(C)(C)OC(=O)N1CCC(Nc2ccc3c(c2)Sc2cccc(-c4cc(N5CCOCC5)cc(=O)[nH]4)c2S3)CC1. The van der Waals surface area contributed by atoms with Crippen LogP contribution < -0.4 is 15.8 Å². The third-order valence-electron chi connectivity index (χ3n) is 7.37. The van der Waals surface area contributed by atoms with Crippen molar-refractivity contribution in [3.8, 4) is 11.3 Å². The van der Waals surface area contributed by atoms with Crippen LogP contribution in [0.15, 0.2) is 72.9 Å². The topological polar surface area (TPSA) is 86.9 Å². The first-order valence-corrected chi connectivity index (χ1v) is 15.8. The quantitative estimate of drug-likeness (QED) is 0.285. The molecule has 3 aliphatic heterocycles. The van der Waals surface area contributed by atoms with Crippen molar-refractivity contribution in [1.82, 2.24) is 9.88 Å². The van der Waals surface area contributed by atoms with Crippen LogP contribution in [0.5, 0.6) is 0 Å². The number of likely N-dealkylation sites (tertiary alicyclic amines) is 1. The monoisotopic (exact) mass is 592 g/mol. The lowest BCUT2D eigenvalue weighted by Crippen LogP contribution is -2.44. The summed E-state index contributed by atoms with van der Waals surface area (Å²) in [6, 6.07) is 16.9. The molecule has 216 valence electrons. The zero-order chi connectivity index (χ0) is 28.6. The number of hydrogen-bond donors (Lipinski definition) is 2. The van der Waals surface area contributed by atoms with Gasteiger partial charge in [-0.05, 0) is 63.9 Å². The molecule has 8 nitrogen and oxygen atoms in total. The van der Waals surface area contributed by atoms with Gasteiger partial charge >= 0.3 is 6.09 Å². The standard InChI is InChI=1S/C31H36N4O4S2/c1-31(2,3)39-30(37)35-11-9-20(10-12-35)32-21-7-8-25-27(17-21)40-26-6-4-5-23(29(26)41-25)24-18-22(19-28(36)33-24)34-13-15-38-16-14-34/h4-8,17-20,32H,9-16H2,1-3H3,(H,33,36). The minimum absolute atomic E-state index is 0.0944. The molecule has 0 aliphatic carbocycles. The third kappa shape index (κ3) is 6.55. The number of aromatic amines is 1. The zero-order valence-electron chi connectivity index (χ0n) is 23.7. The molecule has 3 aromatic rings. The molecule has 0 bridgehead atoms. The van der Waals surface area contributed by atoms with Crippen molar-refractivity contribution >= 4 is 41.0 Å². The molecule has 41 heavy (non-hydrogen) atoms. The number of hydrogen-bond acceptors (Lipinski definition) is 8. The molecule has 3 aliphatic rings. The number of nitrogens with one attached hydrogen (secondary N) is 2. The molecule has 2 aromatic carbocycles. The van der Waals surface area contributed by atoms with E-state index in [0.717, 1.165) is 53.5 Å². The molecule has 10 heteroatoms. The molecule has 2 saturated heterocycles. The maximum atomic E-state index is 12.6. The molecular weight excluding hydrogens is 556 g/mol. The number of anilines is 2. The number of morpholine rings is 1. The van der Waals surface area contributed by atoms with Crippen molar-refractivity contribution in [3.05, 3.63) is 58.9 Å². The smallest absolute Gasteiger partial charge is 0.410 e. The second-order valence-corrected chi connectivity index (χ2v) is 13.7. The van der Waals surface area contributed by atoms with E-state index in [1.165, 1.54) is 14.7 Å². The first-order chi connectivity index (χ1) is 19.7. The van der Waals surface area contributed by atoms with E-state index in [4.69, 9.17) is 9.47 Å². The fourth-order valence-corrected chi connectivity index (χ4v) is 7.76. The Bertz CT molecular complexity index is 1490. The number of rotatable bonds is 4. The molecule has 0 radical (unpaired) electrons. The molecule has 1 aromatic heterocycles. The summed E-state index contributed by atoms with van der Waals surface area (Å²) in [5.41, 5.74) is 3.33. The van der Waals surface area contributed by atoms with Gasteiger partial charge in [0.25, 0.3) is 0 Å². The van der Waals surface area contributed by atoms with Gasteiger partial charge in [-0.25, -0.2) is 4.79 Å². The van der Waals surface area contributed by atoms with Gasteiger partial charge in [-0.2, -0.15) is 0 Å². The highest BCUT2D eigenvalue weighted by molar-refractivity contribution is 8.05. The Morgan fingerprint density at radius 3 is 2.51 bits per heavy atom. The lowest BCUT2D eigenvalue weighted by Gasteiger charge is -2.34. The number of H-pyrrole nitrogens is 1. The Balaban J connectivity index is 1.15.